The van der Waals surface area contributed by atoms with Crippen LogP contribution < -0.4 is 0 Å². The molecule has 0 N–H and O–H groups in total. The number of halogens is 2. The molecule has 0 unspecified atom stereocenters. The Morgan fingerprint density at radius 3 is 2.58 bits per heavy atom. The Morgan fingerprint density at radius 2 is 2.08 bits per heavy atom. The van der Waals surface area contributed by atoms with E-state index in [2.05, 4.69) is 18.8 Å². The van der Waals surface area contributed by atoms with Crippen molar-refractivity contribution >= 4 is 35.0 Å². The van der Waals surface area contributed by atoms with Gasteiger partial charge in [-0.3, -0.25) is 0 Å². The molecule has 1 aromatic rings. The number of thioether (sulfide) groups is 1. The minimum Gasteiger partial charge on any atom is -0.247 e. The van der Waals surface area contributed by atoms with Crippen LogP contribution in [0.25, 0.3) is 0 Å². The van der Waals surface area contributed by atoms with E-state index in [0.717, 1.165) is 5.03 Å². The van der Waals surface area contributed by atoms with Crippen LogP contribution >= 0.6 is 35.0 Å². The van der Waals surface area contributed by atoms with Crippen molar-refractivity contribution in [3.05, 3.63) is 22.3 Å². The van der Waals surface area contributed by atoms with Crippen LogP contribution in [-0.2, 0) is 0 Å². The fourth-order valence-electron chi connectivity index (χ4n) is 0.712. The van der Waals surface area contributed by atoms with E-state index in [9.17, 15) is 0 Å². The highest BCUT2D eigenvalue weighted by Crippen LogP contribution is 2.29. The van der Waals surface area contributed by atoms with E-state index in [1.807, 2.05) is 0 Å². The molecule has 1 nitrogen and oxygen atoms in total. The van der Waals surface area contributed by atoms with Crippen LogP contribution in [0.3, 0.4) is 0 Å². The zero-order chi connectivity index (χ0) is 9.14. The average Bonchev–Trinajstić information content (AvgIpc) is 1.94. The second-order valence-electron chi connectivity index (χ2n) is 2.61. The Balaban J connectivity index is 2.86. The lowest BCUT2D eigenvalue weighted by Gasteiger charge is -2.05. The Kier molecular flexibility index (Phi) is 3.69. The summed E-state index contributed by atoms with van der Waals surface area (Å²) in [7, 11) is 0. The second kappa shape index (κ2) is 4.35. The monoisotopic (exact) mass is 221 g/mol. The molecule has 0 radical (unpaired) electrons. The summed E-state index contributed by atoms with van der Waals surface area (Å²) in [6, 6.07) is 1.71. The van der Waals surface area contributed by atoms with Gasteiger partial charge in [-0.1, -0.05) is 37.0 Å². The lowest BCUT2D eigenvalue weighted by Crippen LogP contribution is -1.89. The van der Waals surface area contributed by atoms with Crippen LogP contribution in [0.2, 0.25) is 10.0 Å². The third kappa shape index (κ3) is 2.85. The molecule has 0 aliphatic heterocycles. The molecule has 12 heavy (non-hydrogen) atoms. The molecule has 0 saturated carbocycles. The molecule has 0 amide bonds. The molecule has 4 heteroatoms. The molecular formula is C8H9Cl2NS. The van der Waals surface area contributed by atoms with Gasteiger partial charge in [-0.15, -0.1) is 11.8 Å². The van der Waals surface area contributed by atoms with Gasteiger partial charge in [0.15, 0.2) is 0 Å². The van der Waals surface area contributed by atoms with Crippen molar-refractivity contribution in [3.63, 3.8) is 0 Å². The van der Waals surface area contributed by atoms with Gasteiger partial charge in [0.1, 0.15) is 5.03 Å². The van der Waals surface area contributed by atoms with Crippen molar-refractivity contribution in [1.82, 2.24) is 4.98 Å². The molecule has 0 saturated heterocycles. The van der Waals surface area contributed by atoms with E-state index in [-0.39, 0.29) is 0 Å². The summed E-state index contributed by atoms with van der Waals surface area (Å²) < 4.78 is 0. The SMILES string of the molecule is CC(C)Sc1ncc(Cl)cc1Cl. The minimum atomic E-state index is 0.483. The van der Waals surface area contributed by atoms with E-state index in [0.29, 0.717) is 15.3 Å². The normalized spacial score (nSPS) is 10.8. The van der Waals surface area contributed by atoms with Crippen LogP contribution in [0.5, 0.6) is 0 Å². The maximum Gasteiger partial charge on any atom is 0.115 e. The van der Waals surface area contributed by atoms with Crippen LogP contribution in [0.15, 0.2) is 17.3 Å². The molecule has 66 valence electrons. The van der Waals surface area contributed by atoms with Gasteiger partial charge in [-0.25, -0.2) is 4.98 Å². The molecule has 0 aliphatic rings. The zero-order valence-electron chi connectivity index (χ0n) is 6.84. The highest BCUT2D eigenvalue weighted by molar-refractivity contribution is 7.99. The summed E-state index contributed by atoms with van der Waals surface area (Å²) in [5.74, 6) is 0. The topological polar surface area (TPSA) is 12.9 Å². The summed E-state index contributed by atoms with van der Waals surface area (Å²) in [4.78, 5) is 4.12. The van der Waals surface area contributed by atoms with Gasteiger partial charge in [0.2, 0.25) is 0 Å². The molecule has 1 rings (SSSR count). The summed E-state index contributed by atoms with van der Waals surface area (Å²) in [5, 5.41) is 2.53. The van der Waals surface area contributed by atoms with Crippen molar-refractivity contribution < 1.29 is 0 Å². The first-order valence-electron chi connectivity index (χ1n) is 3.57. The summed E-state index contributed by atoms with van der Waals surface area (Å²) in [6.45, 7) is 4.19. The van der Waals surface area contributed by atoms with Gasteiger partial charge >= 0.3 is 0 Å². The third-order valence-corrected chi connectivity index (χ3v) is 2.75. The van der Waals surface area contributed by atoms with Crippen molar-refractivity contribution in [2.24, 2.45) is 0 Å². The molecule has 0 spiro atoms. The van der Waals surface area contributed by atoms with Gasteiger partial charge in [-0.2, -0.15) is 0 Å². The maximum atomic E-state index is 5.91. The van der Waals surface area contributed by atoms with Crippen molar-refractivity contribution in [2.45, 2.75) is 24.1 Å². The molecule has 0 aliphatic carbocycles. The molecule has 0 fully saturated rings. The van der Waals surface area contributed by atoms with E-state index in [1.54, 1.807) is 24.0 Å². The van der Waals surface area contributed by atoms with E-state index in [1.165, 1.54) is 0 Å². The third-order valence-electron chi connectivity index (χ3n) is 1.12. The standard InChI is InChI=1S/C8H9Cl2NS/c1-5(2)12-8-7(10)3-6(9)4-11-8/h3-5H,1-2H3. The summed E-state index contributed by atoms with van der Waals surface area (Å²) in [5.41, 5.74) is 0. The lowest BCUT2D eigenvalue weighted by atomic mass is 10.5. The van der Waals surface area contributed by atoms with Crippen LogP contribution in [0, 0.1) is 0 Å². The van der Waals surface area contributed by atoms with E-state index >= 15 is 0 Å². The van der Waals surface area contributed by atoms with Gasteiger partial charge in [0, 0.05) is 11.4 Å². The van der Waals surface area contributed by atoms with Crippen LogP contribution in [0.1, 0.15) is 13.8 Å². The number of rotatable bonds is 2. The maximum absolute atomic E-state index is 5.91. The Bertz CT molecular complexity index is 276. The van der Waals surface area contributed by atoms with Gasteiger partial charge in [0.05, 0.1) is 10.0 Å². The van der Waals surface area contributed by atoms with E-state index < -0.39 is 0 Å². The van der Waals surface area contributed by atoms with Crippen molar-refractivity contribution in [3.8, 4) is 0 Å². The first-order chi connectivity index (χ1) is 5.59. The number of hydrogen-bond acceptors (Lipinski definition) is 2. The second-order valence-corrected chi connectivity index (χ2v) is 5.02. The number of aromatic nitrogens is 1. The lowest BCUT2D eigenvalue weighted by molar-refractivity contribution is 1.07. The molecule has 0 bridgehead atoms. The first kappa shape index (κ1) is 10.2. The highest BCUT2D eigenvalue weighted by Gasteiger charge is 2.05. The number of pyridine rings is 1. The van der Waals surface area contributed by atoms with Gasteiger partial charge in [0.25, 0.3) is 0 Å². The minimum absolute atomic E-state index is 0.483. The number of hydrogen-bond donors (Lipinski definition) is 0. The summed E-state index contributed by atoms with van der Waals surface area (Å²) in [6.07, 6.45) is 1.61. The quantitative estimate of drug-likeness (QED) is 0.704. The molecular weight excluding hydrogens is 213 g/mol. The van der Waals surface area contributed by atoms with E-state index in [4.69, 9.17) is 23.2 Å². The Hall–Kier alpha value is 0.0800. The molecule has 0 atom stereocenters. The van der Waals surface area contributed by atoms with Crippen molar-refractivity contribution in [1.29, 1.82) is 0 Å². The van der Waals surface area contributed by atoms with Crippen LogP contribution in [0.4, 0.5) is 0 Å². The fraction of sp³-hybridized carbons (Fsp3) is 0.375. The summed E-state index contributed by atoms with van der Waals surface area (Å²) >= 11 is 13.2. The Morgan fingerprint density at radius 1 is 1.42 bits per heavy atom. The Labute approximate surface area is 86.5 Å². The average molecular weight is 222 g/mol. The predicted molar refractivity (Wildman–Crippen MR) is 55.3 cm³/mol. The van der Waals surface area contributed by atoms with Crippen molar-refractivity contribution in [2.75, 3.05) is 0 Å². The highest BCUT2D eigenvalue weighted by atomic mass is 35.5. The number of nitrogens with zero attached hydrogens (tertiary/aromatic N) is 1. The van der Waals surface area contributed by atoms with Gasteiger partial charge < -0.3 is 0 Å². The van der Waals surface area contributed by atoms with Crippen LogP contribution in [-0.4, -0.2) is 10.2 Å². The molecule has 1 aromatic heterocycles. The van der Waals surface area contributed by atoms with Gasteiger partial charge in [-0.05, 0) is 6.07 Å². The molecule has 1 heterocycles. The smallest absolute Gasteiger partial charge is 0.115 e. The largest absolute Gasteiger partial charge is 0.247 e. The predicted octanol–water partition coefficient (Wildman–Crippen LogP) is 3.89. The fourth-order valence-corrected chi connectivity index (χ4v) is 1.96. The first-order valence-corrected chi connectivity index (χ1v) is 5.21. The molecule has 0 aromatic carbocycles. The zero-order valence-corrected chi connectivity index (χ0v) is 9.17.